The van der Waals surface area contributed by atoms with Gasteiger partial charge in [0.1, 0.15) is 11.5 Å². The molecular weight excluding hydrogens is 382 g/mol. The lowest BCUT2D eigenvalue weighted by Crippen LogP contribution is -2.30. The molecule has 0 saturated heterocycles. The smallest absolute Gasteiger partial charge is 0.274 e. The molecule has 0 aliphatic carbocycles. The predicted octanol–water partition coefficient (Wildman–Crippen LogP) is 3.27. The van der Waals surface area contributed by atoms with E-state index in [1.165, 1.54) is 0 Å². The highest BCUT2D eigenvalue weighted by Crippen LogP contribution is 2.20. The van der Waals surface area contributed by atoms with E-state index in [1.54, 1.807) is 19.1 Å². The Morgan fingerprint density at radius 2 is 1.57 bits per heavy atom. The molecule has 2 aromatic carbocycles. The SMILES string of the molecule is COc1ccc(CN(Cc2ccc(OC)cc2)C(=O)c2cc3n(n2)CCOC3)cc1. The summed E-state index contributed by atoms with van der Waals surface area (Å²) in [6.07, 6.45) is 0. The Balaban J connectivity index is 1.59. The highest BCUT2D eigenvalue weighted by Gasteiger charge is 2.22. The van der Waals surface area contributed by atoms with E-state index in [-0.39, 0.29) is 5.91 Å². The van der Waals surface area contributed by atoms with Crippen LogP contribution >= 0.6 is 0 Å². The lowest BCUT2D eigenvalue weighted by atomic mass is 10.1. The molecule has 0 unspecified atom stereocenters. The molecule has 1 aliphatic rings. The van der Waals surface area contributed by atoms with Crippen molar-refractivity contribution in [3.63, 3.8) is 0 Å². The van der Waals surface area contributed by atoms with Crippen LogP contribution in [0.4, 0.5) is 0 Å². The van der Waals surface area contributed by atoms with Crippen LogP contribution < -0.4 is 9.47 Å². The Kier molecular flexibility index (Phi) is 5.99. The van der Waals surface area contributed by atoms with E-state index in [2.05, 4.69) is 5.10 Å². The summed E-state index contributed by atoms with van der Waals surface area (Å²) in [5.74, 6) is 1.46. The van der Waals surface area contributed by atoms with Crippen molar-refractivity contribution >= 4 is 5.91 Å². The monoisotopic (exact) mass is 407 g/mol. The molecule has 0 saturated carbocycles. The molecule has 7 nitrogen and oxygen atoms in total. The predicted molar refractivity (Wildman–Crippen MR) is 111 cm³/mol. The summed E-state index contributed by atoms with van der Waals surface area (Å²) in [7, 11) is 3.28. The number of rotatable bonds is 7. The largest absolute Gasteiger partial charge is 0.497 e. The molecule has 0 N–H and O–H groups in total. The van der Waals surface area contributed by atoms with Crippen molar-refractivity contribution in [2.24, 2.45) is 0 Å². The van der Waals surface area contributed by atoms with Crippen molar-refractivity contribution in [3.8, 4) is 11.5 Å². The van der Waals surface area contributed by atoms with Crippen LogP contribution in [0.2, 0.25) is 0 Å². The number of benzene rings is 2. The van der Waals surface area contributed by atoms with Gasteiger partial charge in [0.2, 0.25) is 0 Å². The third-order valence-electron chi connectivity index (χ3n) is 5.13. The van der Waals surface area contributed by atoms with Crippen molar-refractivity contribution < 1.29 is 19.0 Å². The van der Waals surface area contributed by atoms with Crippen molar-refractivity contribution in [2.45, 2.75) is 26.2 Å². The number of methoxy groups -OCH3 is 2. The number of fused-ring (bicyclic) bond motifs is 1. The number of hydrogen-bond donors (Lipinski definition) is 0. The summed E-state index contributed by atoms with van der Waals surface area (Å²) < 4.78 is 17.8. The molecule has 1 aromatic heterocycles. The van der Waals surface area contributed by atoms with Crippen LogP contribution in [0.25, 0.3) is 0 Å². The van der Waals surface area contributed by atoms with Gasteiger partial charge in [0.05, 0.1) is 39.7 Å². The van der Waals surface area contributed by atoms with Gasteiger partial charge < -0.3 is 19.1 Å². The van der Waals surface area contributed by atoms with Gasteiger partial charge >= 0.3 is 0 Å². The first-order valence-electron chi connectivity index (χ1n) is 9.86. The van der Waals surface area contributed by atoms with Gasteiger partial charge in [-0.15, -0.1) is 0 Å². The second kappa shape index (κ2) is 9.00. The van der Waals surface area contributed by atoms with Gasteiger partial charge in [0.25, 0.3) is 5.91 Å². The van der Waals surface area contributed by atoms with Gasteiger partial charge in [0, 0.05) is 13.1 Å². The van der Waals surface area contributed by atoms with Gasteiger partial charge in [-0.1, -0.05) is 24.3 Å². The van der Waals surface area contributed by atoms with E-state index >= 15 is 0 Å². The maximum Gasteiger partial charge on any atom is 0.274 e. The number of amides is 1. The van der Waals surface area contributed by atoms with Crippen LogP contribution in [0.15, 0.2) is 54.6 Å². The fraction of sp³-hybridized carbons (Fsp3) is 0.304. The molecule has 4 rings (SSSR count). The normalized spacial score (nSPS) is 12.9. The van der Waals surface area contributed by atoms with Gasteiger partial charge in [-0.25, -0.2) is 0 Å². The zero-order chi connectivity index (χ0) is 20.9. The fourth-order valence-corrected chi connectivity index (χ4v) is 3.46. The van der Waals surface area contributed by atoms with E-state index in [0.717, 1.165) is 28.3 Å². The maximum absolute atomic E-state index is 13.4. The van der Waals surface area contributed by atoms with Gasteiger partial charge in [-0.2, -0.15) is 5.10 Å². The zero-order valence-electron chi connectivity index (χ0n) is 17.2. The molecule has 0 bridgehead atoms. The first kappa shape index (κ1) is 20.0. The Hall–Kier alpha value is -3.32. The molecule has 156 valence electrons. The topological polar surface area (TPSA) is 65.8 Å². The zero-order valence-corrected chi connectivity index (χ0v) is 17.2. The minimum absolute atomic E-state index is 0.108. The van der Waals surface area contributed by atoms with Gasteiger partial charge in [-0.3, -0.25) is 9.48 Å². The number of nitrogens with zero attached hydrogens (tertiary/aromatic N) is 3. The maximum atomic E-state index is 13.4. The van der Waals surface area contributed by atoms with Crippen molar-refractivity contribution in [2.75, 3.05) is 20.8 Å². The van der Waals surface area contributed by atoms with E-state index in [4.69, 9.17) is 14.2 Å². The van der Waals surface area contributed by atoms with E-state index in [9.17, 15) is 4.79 Å². The second-order valence-electron chi connectivity index (χ2n) is 7.15. The van der Waals surface area contributed by atoms with Crippen molar-refractivity contribution in [3.05, 3.63) is 77.1 Å². The molecule has 1 aliphatic heterocycles. The van der Waals surface area contributed by atoms with Crippen molar-refractivity contribution in [1.29, 1.82) is 0 Å². The average Bonchev–Trinajstić information content (AvgIpc) is 3.23. The number of carbonyl (C=O) groups excluding carboxylic acids is 1. The quantitative estimate of drug-likeness (QED) is 0.601. The summed E-state index contributed by atoms with van der Waals surface area (Å²) in [5, 5.41) is 4.52. The summed E-state index contributed by atoms with van der Waals surface area (Å²) in [6.45, 7) is 2.70. The lowest BCUT2D eigenvalue weighted by Gasteiger charge is -2.22. The van der Waals surface area contributed by atoms with Gasteiger partial charge in [-0.05, 0) is 41.5 Å². The first-order chi connectivity index (χ1) is 14.7. The lowest BCUT2D eigenvalue weighted by molar-refractivity contribution is 0.0717. The molecule has 0 atom stereocenters. The molecule has 0 fully saturated rings. The van der Waals surface area contributed by atoms with Gasteiger partial charge in [0.15, 0.2) is 5.69 Å². The minimum Gasteiger partial charge on any atom is -0.497 e. The molecular formula is C23H25N3O4. The van der Waals surface area contributed by atoms with Crippen molar-refractivity contribution in [1.82, 2.24) is 14.7 Å². The van der Waals surface area contributed by atoms with E-state index in [1.807, 2.05) is 59.3 Å². The number of carbonyl (C=O) groups is 1. The first-order valence-corrected chi connectivity index (χ1v) is 9.86. The highest BCUT2D eigenvalue weighted by molar-refractivity contribution is 5.92. The molecule has 3 aromatic rings. The van der Waals surface area contributed by atoms with E-state index < -0.39 is 0 Å². The van der Waals surface area contributed by atoms with Crippen LogP contribution in [-0.4, -0.2) is 41.4 Å². The molecule has 7 heteroatoms. The summed E-state index contributed by atoms with van der Waals surface area (Å²) in [5.41, 5.74) is 3.41. The minimum atomic E-state index is -0.108. The van der Waals surface area contributed by atoms with Crippen LogP contribution in [0.5, 0.6) is 11.5 Å². The molecule has 2 heterocycles. The Labute approximate surface area is 175 Å². The fourth-order valence-electron chi connectivity index (χ4n) is 3.46. The second-order valence-corrected chi connectivity index (χ2v) is 7.15. The number of ether oxygens (including phenoxy) is 3. The van der Waals surface area contributed by atoms with E-state index in [0.29, 0.717) is 38.5 Å². The third-order valence-corrected chi connectivity index (χ3v) is 5.13. The average molecular weight is 407 g/mol. The van der Waals surface area contributed by atoms with Crippen LogP contribution in [0.3, 0.4) is 0 Å². The molecule has 30 heavy (non-hydrogen) atoms. The van der Waals surface area contributed by atoms with Crippen LogP contribution in [0, 0.1) is 0 Å². The summed E-state index contributed by atoms with van der Waals surface area (Å²) in [4.78, 5) is 15.2. The summed E-state index contributed by atoms with van der Waals surface area (Å²) in [6, 6.07) is 17.3. The third kappa shape index (κ3) is 4.46. The Bertz CT molecular complexity index is 923. The molecule has 0 radical (unpaired) electrons. The Morgan fingerprint density at radius 1 is 1.00 bits per heavy atom. The highest BCUT2D eigenvalue weighted by atomic mass is 16.5. The summed E-state index contributed by atoms with van der Waals surface area (Å²) >= 11 is 0. The Morgan fingerprint density at radius 3 is 2.07 bits per heavy atom. The van der Waals surface area contributed by atoms with Crippen LogP contribution in [0.1, 0.15) is 27.3 Å². The standard InChI is InChI=1S/C23H25N3O4/c1-28-20-7-3-17(4-8-20)14-25(15-18-5-9-21(29-2)10-6-18)23(27)22-13-19-16-30-12-11-26(19)24-22/h3-10,13H,11-12,14-16H2,1-2H3. The molecule has 1 amide bonds. The number of hydrogen-bond acceptors (Lipinski definition) is 5. The molecule has 0 spiro atoms. The van der Waals surface area contributed by atoms with Crippen LogP contribution in [-0.2, 0) is 31.0 Å². The number of aromatic nitrogens is 2.